The van der Waals surface area contributed by atoms with Crippen molar-refractivity contribution in [1.82, 2.24) is 4.57 Å². The number of benzene rings is 2. The SMILES string of the molecule is C#CCn1c(=NC(=O)c2cccc(OCCCCC)c2)sc2cc(NC(C)=O)ccc21. The van der Waals surface area contributed by atoms with Crippen LogP contribution in [0.15, 0.2) is 47.5 Å². The van der Waals surface area contributed by atoms with E-state index in [2.05, 4.69) is 23.2 Å². The number of terminal acetylenes is 1. The van der Waals surface area contributed by atoms with Gasteiger partial charge in [-0.2, -0.15) is 4.99 Å². The number of aromatic nitrogens is 1. The van der Waals surface area contributed by atoms with Gasteiger partial charge in [-0.15, -0.1) is 6.42 Å². The smallest absolute Gasteiger partial charge is 0.279 e. The Morgan fingerprint density at radius 3 is 2.81 bits per heavy atom. The van der Waals surface area contributed by atoms with Crippen molar-refractivity contribution in [1.29, 1.82) is 0 Å². The minimum Gasteiger partial charge on any atom is -0.494 e. The van der Waals surface area contributed by atoms with E-state index in [1.165, 1.54) is 18.3 Å². The van der Waals surface area contributed by atoms with E-state index in [1.807, 2.05) is 22.8 Å². The molecule has 0 radical (unpaired) electrons. The molecule has 2 amide bonds. The van der Waals surface area contributed by atoms with Gasteiger partial charge < -0.3 is 14.6 Å². The zero-order valence-electron chi connectivity index (χ0n) is 17.7. The van der Waals surface area contributed by atoms with Crippen molar-refractivity contribution >= 4 is 39.1 Å². The Morgan fingerprint density at radius 2 is 2.06 bits per heavy atom. The molecule has 0 saturated heterocycles. The summed E-state index contributed by atoms with van der Waals surface area (Å²) in [5, 5.41) is 2.76. The van der Waals surface area contributed by atoms with E-state index in [9.17, 15) is 9.59 Å². The van der Waals surface area contributed by atoms with Gasteiger partial charge in [-0.1, -0.05) is 43.1 Å². The number of unbranched alkanes of at least 4 members (excludes halogenated alkanes) is 2. The maximum Gasteiger partial charge on any atom is 0.279 e. The molecule has 0 unspecified atom stereocenters. The first-order valence-corrected chi connectivity index (χ1v) is 11.0. The summed E-state index contributed by atoms with van der Waals surface area (Å²) in [6.07, 6.45) is 8.75. The number of anilines is 1. The average Bonchev–Trinajstić information content (AvgIpc) is 3.07. The Balaban J connectivity index is 1.92. The fourth-order valence-electron chi connectivity index (χ4n) is 3.10. The maximum atomic E-state index is 12.9. The monoisotopic (exact) mass is 435 g/mol. The van der Waals surface area contributed by atoms with Gasteiger partial charge in [0.2, 0.25) is 5.91 Å². The molecular weight excluding hydrogens is 410 g/mol. The number of carbonyl (C=O) groups excluding carboxylic acids is 2. The van der Waals surface area contributed by atoms with Crippen molar-refractivity contribution in [2.45, 2.75) is 39.7 Å². The first-order valence-electron chi connectivity index (χ1n) is 10.2. The van der Waals surface area contributed by atoms with Crippen LogP contribution in [0.1, 0.15) is 43.5 Å². The first kappa shape index (κ1) is 22.3. The molecule has 0 bridgehead atoms. The van der Waals surface area contributed by atoms with Gasteiger partial charge in [0, 0.05) is 18.2 Å². The number of carbonyl (C=O) groups is 2. The summed E-state index contributed by atoms with van der Waals surface area (Å²) in [7, 11) is 0. The fraction of sp³-hybridized carbons (Fsp3) is 0.292. The topological polar surface area (TPSA) is 72.7 Å². The molecule has 7 heteroatoms. The lowest BCUT2D eigenvalue weighted by Crippen LogP contribution is -2.16. The van der Waals surface area contributed by atoms with Crippen LogP contribution in [0.3, 0.4) is 0 Å². The fourth-order valence-corrected chi connectivity index (χ4v) is 4.16. The van der Waals surface area contributed by atoms with Crippen molar-refractivity contribution in [3.05, 3.63) is 52.8 Å². The van der Waals surface area contributed by atoms with Crippen molar-refractivity contribution in [2.24, 2.45) is 4.99 Å². The minimum absolute atomic E-state index is 0.149. The van der Waals surface area contributed by atoms with Crippen LogP contribution in [0.4, 0.5) is 5.69 Å². The van der Waals surface area contributed by atoms with Gasteiger partial charge in [0.15, 0.2) is 4.80 Å². The van der Waals surface area contributed by atoms with E-state index < -0.39 is 0 Å². The van der Waals surface area contributed by atoms with Gasteiger partial charge in [0.1, 0.15) is 5.75 Å². The van der Waals surface area contributed by atoms with E-state index in [-0.39, 0.29) is 18.4 Å². The zero-order chi connectivity index (χ0) is 22.2. The first-order chi connectivity index (χ1) is 15.0. The van der Waals surface area contributed by atoms with Gasteiger partial charge in [-0.05, 0) is 42.8 Å². The van der Waals surface area contributed by atoms with Crippen molar-refractivity contribution in [3.8, 4) is 18.1 Å². The van der Waals surface area contributed by atoms with Crippen LogP contribution in [-0.4, -0.2) is 23.0 Å². The molecule has 0 spiro atoms. The highest BCUT2D eigenvalue weighted by molar-refractivity contribution is 7.16. The van der Waals surface area contributed by atoms with Crippen LogP contribution >= 0.6 is 11.3 Å². The molecule has 0 fully saturated rings. The second-order valence-electron chi connectivity index (χ2n) is 7.04. The molecule has 6 nitrogen and oxygen atoms in total. The second-order valence-corrected chi connectivity index (χ2v) is 8.05. The van der Waals surface area contributed by atoms with E-state index in [4.69, 9.17) is 11.2 Å². The summed E-state index contributed by atoms with van der Waals surface area (Å²) < 4.78 is 8.44. The Bertz CT molecular complexity index is 1200. The van der Waals surface area contributed by atoms with Crippen LogP contribution in [0, 0.1) is 12.3 Å². The highest BCUT2D eigenvalue weighted by Crippen LogP contribution is 2.22. The molecule has 0 atom stereocenters. The van der Waals surface area contributed by atoms with Crippen molar-refractivity contribution in [2.75, 3.05) is 11.9 Å². The third-order valence-corrected chi connectivity index (χ3v) is 5.59. The molecule has 1 aromatic heterocycles. The number of thiazole rings is 1. The van der Waals surface area contributed by atoms with Gasteiger partial charge in [-0.25, -0.2) is 0 Å². The molecule has 0 aliphatic rings. The Labute approximate surface area is 185 Å². The van der Waals surface area contributed by atoms with Gasteiger partial charge in [0.25, 0.3) is 5.91 Å². The quantitative estimate of drug-likeness (QED) is 0.415. The Kier molecular flexibility index (Phi) is 7.63. The average molecular weight is 436 g/mol. The molecule has 0 aliphatic heterocycles. The predicted molar refractivity (Wildman–Crippen MR) is 124 cm³/mol. The van der Waals surface area contributed by atoms with Crippen LogP contribution in [0.2, 0.25) is 0 Å². The second kappa shape index (κ2) is 10.6. The van der Waals surface area contributed by atoms with Gasteiger partial charge >= 0.3 is 0 Å². The normalized spacial score (nSPS) is 11.3. The molecule has 1 N–H and O–H groups in total. The van der Waals surface area contributed by atoms with Gasteiger partial charge in [-0.3, -0.25) is 9.59 Å². The zero-order valence-corrected chi connectivity index (χ0v) is 18.5. The molecule has 0 aliphatic carbocycles. The maximum absolute atomic E-state index is 12.9. The lowest BCUT2D eigenvalue weighted by molar-refractivity contribution is -0.114. The van der Waals surface area contributed by atoms with E-state index in [0.29, 0.717) is 28.4 Å². The lowest BCUT2D eigenvalue weighted by atomic mass is 10.2. The van der Waals surface area contributed by atoms with Crippen molar-refractivity contribution < 1.29 is 14.3 Å². The summed E-state index contributed by atoms with van der Waals surface area (Å²) >= 11 is 1.35. The van der Waals surface area contributed by atoms with Crippen molar-refractivity contribution in [3.63, 3.8) is 0 Å². The molecular formula is C24H25N3O3S. The molecule has 160 valence electrons. The molecule has 31 heavy (non-hydrogen) atoms. The van der Waals surface area contributed by atoms with Crippen LogP contribution in [-0.2, 0) is 11.3 Å². The summed E-state index contributed by atoms with van der Waals surface area (Å²) in [5.74, 6) is 2.76. The lowest BCUT2D eigenvalue weighted by Gasteiger charge is -2.06. The summed E-state index contributed by atoms with van der Waals surface area (Å²) in [4.78, 5) is 29.0. The number of hydrogen-bond donors (Lipinski definition) is 1. The number of amides is 2. The van der Waals surface area contributed by atoms with E-state index in [0.717, 1.165) is 29.5 Å². The number of hydrogen-bond acceptors (Lipinski definition) is 4. The Hall–Kier alpha value is -3.37. The van der Waals surface area contributed by atoms with Gasteiger partial charge in [0.05, 0.1) is 23.4 Å². The largest absolute Gasteiger partial charge is 0.494 e. The van der Waals surface area contributed by atoms with E-state index >= 15 is 0 Å². The summed E-state index contributed by atoms with van der Waals surface area (Å²) in [5.41, 5.74) is 1.99. The van der Waals surface area contributed by atoms with Crippen LogP contribution < -0.4 is 14.9 Å². The number of nitrogens with one attached hydrogen (secondary N) is 1. The number of nitrogens with zero attached hydrogens (tertiary/aromatic N) is 2. The minimum atomic E-state index is -0.363. The summed E-state index contributed by atoms with van der Waals surface area (Å²) in [6.45, 7) is 4.50. The molecule has 0 saturated carbocycles. The molecule has 1 heterocycles. The van der Waals surface area contributed by atoms with Crippen LogP contribution in [0.5, 0.6) is 5.75 Å². The third kappa shape index (κ3) is 5.83. The standard InChI is InChI=1S/C24H25N3O3S/c1-4-6-7-14-30-20-10-8-9-18(15-20)23(29)26-24-27(13-5-2)21-12-11-19(25-17(3)28)16-22(21)31-24/h2,8-12,15-16H,4,6-7,13-14H2,1,3H3,(H,25,28). The number of fused-ring (bicyclic) bond motifs is 1. The molecule has 3 aromatic rings. The number of rotatable bonds is 8. The molecule has 2 aromatic carbocycles. The summed E-state index contributed by atoms with van der Waals surface area (Å²) in [6, 6.07) is 12.6. The highest BCUT2D eigenvalue weighted by Gasteiger charge is 2.11. The highest BCUT2D eigenvalue weighted by atomic mass is 32.1. The van der Waals surface area contributed by atoms with E-state index in [1.54, 1.807) is 24.3 Å². The van der Waals surface area contributed by atoms with Crippen LogP contribution in [0.25, 0.3) is 10.2 Å². The predicted octanol–water partition coefficient (Wildman–Crippen LogP) is 4.60. The number of ether oxygens (including phenoxy) is 1. The third-order valence-electron chi connectivity index (χ3n) is 4.55. The Morgan fingerprint density at radius 1 is 1.23 bits per heavy atom. The molecule has 3 rings (SSSR count).